The third-order valence-corrected chi connectivity index (χ3v) is 5.43. The van der Waals surface area contributed by atoms with Gasteiger partial charge in [0, 0.05) is 38.8 Å². The summed E-state index contributed by atoms with van der Waals surface area (Å²) in [6.45, 7) is 2.69. The number of piperazine rings is 1. The number of urea groups is 1. The van der Waals surface area contributed by atoms with Gasteiger partial charge in [0.05, 0.1) is 24.8 Å². The van der Waals surface area contributed by atoms with Gasteiger partial charge in [-0.15, -0.1) is 0 Å². The van der Waals surface area contributed by atoms with Crippen molar-refractivity contribution in [2.24, 2.45) is 0 Å². The van der Waals surface area contributed by atoms with Gasteiger partial charge >= 0.3 is 18.2 Å². The van der Waals surface area contributed by atoms with Gasteiger partial charge in [-0.3, -0.25) is 9.69 Å². The van der Waals surface area contributed by atoms with Crippen molar-refractivity contribution in [3.8, 4) is 0 Å². The van der Waals surface area contributed by atoms with Crippen LogP contribution in [0.1, 0.15) is 28.4 Å². The smallest absolute Gasteiger partial charge is 0.416 e. The topological polar surface area (TPSA) is 70.2 Å². The largest absolute Gasteiger partial charge is 0.465 e. The molecule has 3 amide bonds. The second-order valence-electron chi connectivity index (χ2n) is 7.60. The molecule has 10 heteroatoms. The van der Waals surface area contributed by atoms with Crippen LogP contribution in [0.4, 0.5) is 23.7 Å². The lowest BCUT2D eigenvalue weighted by molar-refractivity contribution is -0.137. The number of esters is 1. The van der Waals surface area contributed by atoms with E-state index in [4.69, 9.17) is 0 Å². The molecule has 0 atom stereocenters. The highest BCUT2D eigenvalue weighted by molar-refractivity contribution is 5.92. The van der Waals surface area contributed by atoms with Crippen molar-refractivity contribution in [3.63, 3.8) is 0 Å². The molecule has 0 saturated carbocycles. The van der Waals surface area contributed by atoms with E-state index in [-0.39, 0.29) is 31.2 Å². The van der Waals surface area contributed by atoms with E-state index >= 15 is 0 Å². The first-order valence-corrected chi connectivity index (χ1v) is 10.3. The minimum absolute atomic E-state index is 0.00544. The standard InChI is InChI=1S/C23H24F3N3O4/c1-16(30)27-10-12-28(13-11-27)22(32)29(20-5-3-4-19(14-20)23(24,25)26)15-17-6-8-18(9-7-17)21(31)33-2/h3-9,14H,10-13,15H2,1-2H3. The summed E-state index contributed by atoms with van der Waals surface area (Å²) in [5, 5.41) is 0. The zero-order valence-electron chi connectivity index (χ0n) is 18.3. The van der Waals surface area contributed by atoms with Gasteiger partial charge < -0.3 is 14.5 Å². The van der Waals surface area contributed by atoms with Crippen molar-refractivity contribution in [1.29, 1.82) is 0 Å². The SMILES string of the molecule is COC(=O)c1ccc(CN(C(=O)N2CCN(C(C)=O)CC2)c2cccc(C(F)(F)F)c2)cc1. The normalized spacial score (nSPS) is 14.1. The van der Waals surface area contributed by atoms with Crippen LogP contribution in [-0.2, 0) is 22.3 Å². The number of hydrogen-bond acceptors (Lipinski definition) is 4. The molecule has 1 fully saturated rings. The van der Waals surface area contributed by atoms with Crippen LogP contribution in [0.2, 0.25) is 0 Å². The Morgan fingerprint density at radius 1 is 0.970 bits per heavy atom. The van der Waals surface area contributed by atoms with E-state index in [1.807, 2.05) is 0 Å². The summed E-state index contributed by atoms with van der Waals surface area (Å²) in [6.07, 6.45) is -4.56. The van der Waals surface area contributed by atoms with E-state index in [1.165, 1.54) is 48.1 Å². The number of anilines is 1. The lowest BCUT2D eigenvalue weighted by Crippen LogP contribution is -2.53. The molecule has 176 valence electrons. The average Bonchev–Trinajstić information content (AvgIpc) is 2.81. The van der Waals surface area contributed by atoms with Crippen molar-refractivity contribution >= 4 is 23.6 Å². The predicted molar refractivity (Wildman–Crippen MR) is 115 cm³/mol. The first-order valence-electron chi connectivity index (χ1n) is 10.3. The Bertz CT molecular complexity index is 1020. The summed E-state index contributed by atoms with van der Waals surface area (Å²) in [7, 11) is 1.26. The number of benzene rings is 2. The Labute approximate surface area is 189 Å². The summed E-state index contributed by atoms with van der Waals surface area (Å²) >= 11 is 0. The first-order chi connectivity index (χ1) is 15.6. The predicted octanol–water partition coefficient (Wildman–Crippen LogP) is 3.78. The van der Waals surface area contributed by atoms with Crippen LogP contribution < -0.4 is 4.90 Å². The number of nitrogens with zero attached hydrogens (tertiary/aromatic N) is 3. The zero-order chi connectivity index (χ0) is 24.2. The summed E-state index contributed by atoms with van der Waals surface area (Å²) < 4.78 is 44.5. The number of methoxy groups -OCH3 is 1. The van der Waals surface area contributed by atoms with Crippen molar-refractivity contribution in [2.75, 3.05) is 38.2 Å². The monoisotopic (exact) mass is 463 g/mol. The van der Waals surface area contributed by atoms with E-state index in [2.05, 4.69) is 4.74 Å². The second kappa shape index (κ2) is 9.93. The molecule has 33 heavy (non-hydrogen) atoms. The number of ether oxygens (including phenoxy) is 1. The molecule has 0 bridgehead atoms. The molecule has 0 radical (unpaired) electrons. The van der Waals surface area contributed by atoms with Gasteiger partial charge in [-0.2, -0.15) is 13.2 Å². The highest BCUT2D eigenvalue weighted by Crippen LogP contribution is 2.32. The molecule has 7 nitrogen and oxygen atoms in total. The van der Waals surface area contributed by atoms with Crippen LogP contribution in [0, 0.1) is 0 Å². The zero-order valence-corrected chi connectivity index (χ0v) is 18.3. The van der Waals surface area contributed by atoms with Gasteiger partial charge in [0.25, 0.3) is 0 Å². The summed E-state index contributed by atoms with van der Waals surface area (Å²) in [5.74, 6) is -0.613. The average molecular weight is 463 g/mol. The van der Waals surface area contributed by atoms with Gasteiger partial charge in [-0.05, 0) is 35.9 Å². The Morgan fingerprint density at radius 3 is 2.12 bits per heavy atom. The lowest BCUT2D eigenvalue weighted by atomic mass is 10.1. The lowest BCUT2D eigenvalue weighted by Gasteiger charge is -2.37. The molecular formula is C23H24F3N3O4. The molecule has 0 aliphatic carbocycles. The van der Waals surface area contributed by atoms with Crippen LogP contribution in [0.3, 0.4) is 0 Å². The number of carbonyl (C=O) groups is 3. The maximum Gasteiger partial charge on any atom is 0.416 e. The van der Waals surface area contributed by atoms with E-state index in [9.17, 15) is 27.6 Å². The minimum atomic E-state index is -4.56. The fourth-order valence-electron chi connectivity index (χ4n) is 3.55. The van der Waals surface area contributed by atoms with Gasteiger partial charge in [0.1, 0.15) is 0 Å². The van der Waals surface area contributed by atoms with E-state index in [1.54, 1.807) is 17.0 Å². The van der Waals surface area contributed by atoms with E-state index in [0.29, 0.717) is 24.2 Å². The number of alkyl halides is 3. The highest BCUT2D eigenvalue weighted by Gasteiger charge is 2.32. The van der Waals surface area contributed by atoms with Gasteiger partial charge in [0.15, 0.2) is 0 Å². The third-order valence-electron chi connectivity index (χ3n) is 5.43. The molecule has 1 saturated heterocycles. The van der Waals surface area contributed by atoms with Gasteiger partial charge in [0.2, 0.25) is 5.91 Å². The minimum Gasteiger partial charge on any atom is -0.465 e. The van der Waals surface area contributed by atoms with Crippen molar-refractivity contribution in [1.82, 2.24) is 9.80 Å². The number of rotatable bonds is 4. The van der Waals surface area contributed by atoms with Crippen LogP contribution >= 0.6 is 0 Å². The summed E-state index contributed by atoms with van der Waals surface area (Å²) in [4.78, 5) is 41.0. The third kappa shape index (κ3) is 5.82. The molecule has 1 aliphatic heterocycles. The van der Waals surface area contributed by atoms with E-state index < -0.39 is 23.7 Å². The maximum absolute atomic E-state index is 13.4. The molecule has 0 N–H and O–H groups in total. The second-order valence-corrected chi connectivity index (χ2v) is 7.60. The van der Waals surface area contributed by atoms with Crippen LogP contribution in [0.25, 0.3) is 0 Å². The Hall–Kier alpha value is -3.56. The van der Waals surface area contributed by atoms with Gasteiger partial charge in [-0.25, -0.2) is 9.59 Å². The molecule has 1 aliphatic rings. The maximum atomic E-state index is 13.4. The quantitative estimate of drug-likeness (QED) is 0.647. The van der Waals surface area contributed by atoms with Crippen LogP contribution in [-0.4, -0.2) is 61.0 Å². The number of carbonyl (C=O) groups excluding carboxylic acids is 3. The van der Waals surface area contributed by atoms with Crippen molar-refractivity contribution in [2.45, 2.75) is 19.6 Å². The molecule has 0 spiro atoms. The number of halogens is 3. The molecule has 0 aromatic heterocycles. The van der Waals surface area contributed by atoms with Crippen LogP contribution in [0.15, 0.2) is 48.5 Å². The Kier molecular flexibility index (Phi) is 7.25. The number of amides is 3. The fourth-order valence-corrected chi connectivity index (χ4v) is 3.55. The molecule has 2 aromatic rings. The van der Waals surface area contributed by atoms with Gasteiger partial charge in [-0.1, -0.05) is 18.2 Å². The molecule has 1 heterocycles. The van der Waals surface area contributed by atoms with E-state index in [0.717, 1.165) is 12.1 Å². The van der Waals surface area contributed by atoms with Crippen LogP contribution in [0.5, 0.6) is 0 Å². The first kappa shape index (κ1) is 24.1. The summed E-state index contributed by atoms with van der Waals surface area (Å²) in [5.41, 5.74) is 0.176. The van der Waals surface area contributed by atoms with Crippen molar-refractivity contribution < 1.29 is 32.3 Å². The highest BCUT2D eigenvalue weighted by atomic mass is 19.4. The Morgan fingerprint density at radius 2 is 1.58 bits per heavy atom. The van der Waals surface area contributed by atoms with Crippen molar-refractivity contribution in [3.05, 3.63) is 65.2 Å². The fraction of sp³-hybridized carbons (Fsp3) is 0.348. The molecular weight excluding hydrogens is 439 g/mol. The molecule has 3 rings (SSSR count). The number of hydrogen-bond donors (Lipinski definition) is 0. The Balaban J connectivity index is 1.89. The summed E-state index contributed by atoms with van der Waals surface area (Å²) in [6, 6.07) is 10.4. The molecule has 2 aromatic carbocycles. The molecule has 0 unspecified atom stereocenters.